The standard InChI is InChI=1S/C17H28N2O2/c1-3-4-5-6-7-8-9-10-13-17(20)19-18-15(2)16-12-11-14-21-16/h11-12,14H,3-10,13H2,1-2H3,(H,19,20). The highest BCUT2D eigenvalue weighted by atomic mass is 16.3. The minimum Gasteiger partial charge on any atom is -0.463 e. The maximum absolute atomic E-state index is 11.6. The van der Waals surface area contributed by atoms with Gasteiger partial charge in [0.1, 0.15) is 11.5 Å². The number of carbonyl (C=O) groups is 1. The van der Waals surface area contributed by atoms with Gasteiger partial charge < -0.3 is 4.42 Å². The Kier molecular flexibility index (Phi) is 9.25. The summed E-state index contributed by atoms with van der Waals surface area (Å²) in [6, 6.07) is 3.63. The fraction of sp³-hybridized carbons (Fsp3) is 0.647. The van der Waals surface area contributed by atoms with Crippen molar-refractivity contribution in [2.24, 2.45) is 5.10 Å². The average molecular weight is 292 g/mol. The van der Waals surface area contributed by atoms with Crippen molar-refractivity contribution in [3.8, 4) is 0 Å². The van der Waals surface area contributed by atoms with Crippen LogP contribution in [0.4, 0.5) is 0 Å². The van der Waals surface area contributed by atoms with Crippen LogP contribution in [0.5, 0.6) is 0 Å². The van der Waals surface area contributed by atoms with Gasteiger partial charge in [0, 0.05) is 6.42 Å². The Balaban J connectivity index is 2.03. The SMILES string of the molecule is CCCCCCCCCCC(=O)NN=C(C)c1ccco1. The van der Waals surface area contributed by atoms with E-state index in [-0.39, 0.29) is 5.91 Å². The highest BCUT2D eigenvalue weighted by Gasteiger charge is 2.02. The minimum atomic E-state index is -0.0214. The number of hydrogen-bond donors (Lipinski definition) is 1. The molecule has 0 spiro atoms. The number of carbonyl (C=O) groups excluding carboxylic acids is 1. The second-order valence-corrected chi connectivity index (χ2v) is 5.43. The molecule has 1 aromatic rings. The van der Waals surface area contributed by atoms with E-state index in [9.17, 15) is 4.79 Å². The largest absolute Gasteiger partial charge is 0.463 e. The Hall–Kier alpha value is -1.58. The van der Waals surface area contributed by atoms with Crippen LogP contribution in [0, 0.1) is 0 Å². The second-order valence-electron chi connectivity index (χ2n) is 5.43. The molecule has 1 heterocycles. The molecule has 21 heavy (non-hydrogen) atoms. The van der Waals surface area contributed by atoms with E-state index in [1.54, 1.807) is 12.3 Å². The maximum Gasteiger partial charge on any atom is 0.240 e. The van der Waals surface area contributed by atoms with Crippen LogP contribution in [-0.2, 0) is 4.79 Å². The molecule has 1 rings (SSSR count). The molecule has 0 aliphatic heterocycles. The van der Waals surface area contributed by atoms with Gasteiger partial charge in [0.05, 0.1) is 6.26 Å². The summed E-state index contributed by atoms with van der Waals surface area (Å²) in [5.74, 6) is 0.661. The first kappa shape index (κ1) is 17.5. The smallest absolute Gasteiger partial charge is 0.240 e. The monoisotopic (exact) mass is 292 g/mol. The molecule has 0 aromatic carbocycles. The quantitative estimate of drug-likeness (QED) is 0.366. The molecule has 0 aliphatic carbocycles. The fourth-order valence-electron chi connectivity index (χ4n) is 2.16. The van der Waals surface area contributed by atoms with Crippen LogP contribution in [0.15, 0.2) is 27.9 Å². The molecule has 4 heteroatoms. The highest BCUT2D eigenvalue weighted by Crippen LogP contribution is 2.09. The van der Waals surface area contributed by atoms with Crippen molar-refractivity contribution in [3.63, 3.8) is 0 Å². The van der Waals surface area contributed by atoms with Gasteiger partial charge in [-0.3, -0.25) is 4.79 Å². The molecule has 0 fully saturated rings. The summed E-state index contributed by atoms with van der Waals surface area (Å²) in [6.07, 6.45) is 12.0. The van der Waals surface area contributed by atoms with E-state index < -0.39 is 0 Å². The number of rotatable bonds is 11. The predicted octanol–water partition coefficient (Wildman–Crippen LogP) is 4.65. The van der Waals surface area contributed by atoms with E-state index >= 15 is 0 Å². The predicted molar refractivity (Wildman–Crippen MR) is 86.3 cm³/mol. The number of furan rings is 1. The van der Waals surface area contributed by atoms with E-state index in [0.29, 0.717) is 17.9 Å². The van der Waals surface area contributed by atoms with Gasteiger partial charge in [-0.15, -0.1) is 0 Å². The van der Waals surface area contributed by atoms with Crippen LogP contribution in [-0.4, -0.2) is 11.6 Å². The summed E-state index contributed by atoms with van der Waals surface area (Å²) in [6.45, 7) is 4.05. The van der Waals surface area contributed by atoms with Crippen molar-refractivity contribution in [3.05, 3.63) is 24.2 Å². The normalized spacial score (nSPS) is 11.6. The number of hydrogen-bond acceptors (Lipinski definition) is 3. The zero-order valence-corrected chi connectivity index (χ0v) is 13.4. The lowest BCUT2D eigenvalue weighted by Crippen LogP contribution is -2.18. The fourth-order valence-corrected chi connectivity index (χ4v) is 2.16. The Bertz CT molecular complexity index is 410. The van der Waals surface area contributed by atoms with Gasteiger partial charge in [-0.1, -0.05) is 51.9 Å². The van der Waals surface area contributed by atoms with Crippen molar-refractivity contribution < 1.29 is 9.21 Å². The number of nitrogens with one attached hydrogen (secondary N) is 1. The van der Waals surface area contributed by atoms with Gasteiger partial charge in [-0.25, -0.2) is 5.43 Å². The zero-order valence-electron chi connectivity index (χ0n) is 13.4. The van der Waals surface area contributed by atoms with Gasteiger partial charge in [-0.05, 0) is 25.5 Å². The summed E-state index contributed by atoms with van der Waals surface area (Å²) < 4.78 is 5.20. The lowest BCUT2D eigenvalue weighted by Gasteiger charge is -2.02. The van der Waals surface area contributed by atoms with Gasteiger partial charge >= 0.3 is 0 Å². The van der Waals surface area contributed by atoms with E-state index in [2.05, 4.69) is 17.5 Å². The second kappa shape index (κ2) is 11.1. The van der Waals surface area contributed by atoms with E-state index in [0.717, 1.165) is 12.8 Å². The Morgan fingerprint density at radius 1 is 1.14 bits per heavy atom. The van der Waals surface area contributed by atoms with Crippen LogP contribution in [0.2, 0.25) is 0 Å². The third-order valence-corrected chi connectivity index (χ3v) is 3.48. The molecule has 1 aromatic heterocycles. The minimum absolute atomic E-state index is 0.0214. The maximum atomic E-state index is 11.6. The molecule has 0 atom stereocenters. The number of amides is 1. The van der Waals surface area contributed by atoms with Crippen LogP contribution >= 0.6 is 0 Å². The molecular weight excluding hydrogens is 264 g/mol. The van der Waals surface area contributed by atoms with Gasteiger partial charge in [0.15, 0.2) is 0 Å². The lowest BCUT2D eigenvalue weighted by atomic mass is 10.1. The van der Waals surface area contributed by atoms with Crippen LogP contribution in [0.3, 0.4) is 0 Å². The van der Waals surface area contributed by atoms with E-state index in [4.69, 9.17) is 4.42 Å². The van der Waals surface area contributed by atoms with Crippen molar-refractivity contribution in [2.75, 3.05) is 0 Å². The molecule has 1 N–H and O–H groups in total. The molecule has 0 saturated carbocycles. The summed E-state index contributed by atoms with van der Waals surface area (Å²) in [5, 5.41) is 4.04. The first-order valence-electron chi connectivity index (χ1n) is 8.11. The van der Waals surface area contributed by atoms with Gasteiger partial charge in [0.2, 0.25) is 5.91 Å². The first-order valence-corrected chi connectivity index (χ1v) is 8.11. The van der Waals surface area contributed by atoms with E-state index in [1.165, 1.54) is 38.5 Å². The van der Waals surface area contributed by atoms with Crippen molar-refractivity contribution >= 4 is 11.6 Å². The molecule has 118 valence electrons. The number of hydrazone groups is 1. The van der Waals surface area contributed by atoms with Crippen LogP contribution < -0.4 is 5.43 Å². The summed E-state index contributed by atoms with van der Waals surface area (Å²) >= 11 is 0. The Morgan fingerprint density at radius 2 is 1.81 bits per heavy atom. The molecule has 0 bridgehead atoms. The number of unbranched alkanes of at least 4 members (excludes halogenated alkanes) is 7. The lowest BCUT2D eigenvalue weighted by molar-refractivity contribution is -0.121. The van der Waals surface area contributed by atoms with Crippen LogP contribution in [0.25, 0.3) is 0 Å². The first-order chi connectivity index (χ1) is 10.2. The Labute approximate surface area is 128 Å². The van der Waals surface area contributed by atoms with Gasteiger partial charge in [-0.2, -0.15) is 5.10 Å². The summed E-state index contributed by atoms with van der Waals surface area (Å²) in [7, 11) is 0. The zero-order chi connectivity index (χ0) is 15.3. The van der Waals surface area contributed by atoms with Crippen molar-refractivity contribution in [2.45, 2.75) is 71.6 Å². The third-order valence-electron chi connectivity index (χ3n) is 3.48. The topological polar surface area (TPSA) is 54.6 Å². The molecule has 1 amide bonds. The molecule has 0 radical (unpaired) electrons. The molecule has 0 aliphatic rings. The Morgan fingerprint density at radius 3 is 2.43 bits per heavy atom. The number of nitrogens with zero attached hydrogens (tertiary/aromatic N) is 1. The van der Waals surface area contributed by atoms with Gasteiger partial charge in [0.25, 0.3) is 0 Å². The van der Waals surface area contributed by atoms with Crippen molar-refractivity contribution in [1.29, 1.82) is 0 Å². The van der Waals surface area contributed by atoms with E-state index in [1.807, 2.05) is 13.0 Å². The highest BCUT2D eigenvalue weighted by molar-refractivity contribution is 5.96. The third kappa shape index (κ3) is 8.33. The summed E-state index contributed by atoms with van der Waals surface area (Å²) in [4.78, 5) is 11.6. The summed E-state index contributed by atoms with van der Waals surface area (Å²) in [5.41, 5.74) is 3.26. The van der Waals surface area contributed by atoms with Crippen LogP contribution in [0.1, 0.15) is 77.4 Å². The molecule has 4 nitrogen and oxygen atoms in total. The molecule has 0 unspecified atom stereocenters. The average Bonchev–Trinajstić information content (AvgIpc) is 3.02. The molecular formula is C17H28N2O2. The molecule has 0 saturated heterocycles. The van der Waals surface area contributed by atoms with Crippen molar-refractivity contribution in [1.82, 2.24) is 5.43 Å².